The van der Waals surface area contributed by atoms with Crippen LogP contribution in [0.3, 0.4) is 0 Å². The van der Waals surface area contributed by atoms with E-state index in [9.17, 15) is 5.11 Å². The Labute approximate surface area is 194 Å². The number of ether oxygens (including phenoxy) is 2. The minimum Gasteiger partial charge on any atom is -0.493 e. The first kappa shape index (κ1) is 23.8. The number of piperazine rings is 1. The summed E-state index contributed by atoms with van der Waals surface area (Å²) in [5, 5.41) is 10.5. The van der Waals surface area contributed by atoms with E-state index < -0.39 is 6.10 Å². The van der Waals surface area contributed by atoms with Crippen molar-refractivity contribution in [2.24, 2.45) is 0 Å². The fourth-order valence-electron chi connectivity index (χ4n) is 5.60. The lowest BCUT2D eigenvalue weighted by Crippen LogP contribution is -2.50. The SMILES string of the molecule is COc1ccc(CN2CCN(C3CCCCC3)CC2)cc1OC[C@H](O)CN1CCCCC1. The third kappa shape index (κ3) is 6.83. The molecule has 0 radical (unpaired) electrons. The van der Waals surface area contributed by atoms with Gasteiger partial charge in [-0.05, 0) is 56.5 Å². The van der Waals surface area contributed by atoms with E-state index in [0.29, 0.717) is 13.2 Å². The first-order valence-electron chi connectivity index (χ1n) is 12.9. The molecule has 2 heterocycles. The van der Waals surface area contributed by atoms with Crippen LogP contribution in [0.4, 0.5) is 0 Å². The fourth-order valence-corrected chi connectivity index (χ4v) is 5.60. The molecule has 0 unspecified atom stereocenters. The minimum atomic E-state index is -0.477. The van der Waals surface area contributed by atoms with Crippen LogP contribution in [-0.2, 0) is 6.54 Å². The Bertz CT molecular complexity index is 681. The van der Waals surface area contributed by atoms with Crippen LogP contribution < -0.4 is 9.47 Å². The number of benzene rings is 1. The average molecular weight is 446 g/mol. The molecular formula is C26H43N3O3. The molecule has 3 aliphatic rings. The number of hydrogen-bond donors (Lipinski definition) is 1. The van der Waals surface area contributed by atoms with Gasteiger partial charge in [-0.25, -0.2) is 0 Å². The molecule has 0 bridgehead atoms. The average Bonchev–Trinajstić information content (AvgIpc) is 2.84. The lowest BCUT2D eigenvalue weighted by Gasteiger charge is -2.40. The summed E-state index contributed by atoms with van der Waals surface area (Å²) >= 11 is 0. The molecule has 0 amide bonds. The summed E-state index contributed by atoms with van der Waals surface area (Å²) in [6.45, 7) is 8.74. The Morgan fingerprint density at radius 3 is 2.31 bits per heavy atom. The Morgan fingerprint density at radius 1 is 0.875 bits per heavy atom. The maximum absolute atomic E-state index is 10.5. The van der Waals surface area contributed by atoms with Gasteiger partial charge in [0.15, 0.2) is 11.5 Å². The topological polar surface area (TPSA) is 48.4 Å². The zero-order chi connectivity index (χ0) is 22.2. The van der Waals surface area contributed by atoms with Crippen LogP contribution in [0, 0.1) is 0 Å². The van der Waals surface area contributed by atoms with E-state index in [0.717, 1.165) is 50.3 Å². The number of aliphatic hydroxyl groups is 1. The second-order valence-corrected chi connectivity index (χ2v) is 9.92. The third-order valence-electron chi connectivity index (χ3n) is 7.48. The number of aliphatic hydroxyl groups excluding tert-OH is 1. The maximum atomic E-state index is 10.5. The molecule has 1 aromatic carbocycles. The third-order valence-corrected chi connectivity index (χ3v) is 7.48. The van der Waals surface area contributed by atoms with E-state index >= 15 is 0 Å². The first-order chi connectivity index (χ1) is 15.7. The monoisotopic (exact) mass is 445 g/mol. The number of methoxy groups -OCH3 is 1. The molecule has 4 rings (SSSR count). The van der Waals surface area contributed by atoms with Gasteiger partial charge in [0, 0.05) is 45.3 Å². The highest BCUT2D eigenvalue weighted by molar-refractivity contribution is 5.43. The van der Waals surface area contributed by atoms with E-state index in [-0.39, 0.29) is 0 Å². The molecule has 2 saturated heterocycles. The molecule has 1 saturated carbocycles. The molecular weight excluding hydrogens is 402 g/mol. The van der Waals surface area contributed by atoms with Crippen molar-refractivity contribution in [2.45, 2.75) is 70.1 Å². The number of likely N-dealkylation sites (tertiary alicyclic amines) is 1. The summed E-state index contributed by atoms with van der Waals surface area (Å²) in [5.41, 5.74) is 1.25. The zero-order valence-corrected chi connectivity index (χ0v) is 20.0. The van der Waals surface area contributed by atoms with E-state index in [4.69, 9.17) is 9.47 Å². The second kappa shape index (κ2) is 12.2. The van der Waals surface area contributed by atoms with Crippen molar-refractivity contribution in [1.82, 2.24) is 14.7 Å². The lowest BCUT2D eigenvalue weighted by molar-refractivity contribution is 0.0606. The lowest BCUT2D eigenvalue weighted by atomic mass is 9.94. The number of β-amino-alcohol motifs (C(OH)–C–C–N with tert-alkyl or cyclic N) is 1. The fraction of sp³-hybridized carbons (Fsp3) is 0.769. The van der Waals surface area contributed by atoms with Crippen molar-refractivity contribution in [3.63, 3.8) is 0 Å². The molecule has 2 aliphatic heterocycles. The van der Waals surface area contributed by atoms with Crippen LogP contribution in [0.2, 0.25) is 0 Å². The normalized spacial score (nSPS) is 23.2. The number of rotatable bonds is 9. The van der Waals surface area contributed by atoms with Gasteiger partial charge in [-0.1, -0.05) is 31.7 Å². The van der Waals surface area contributed by atoms with Crippen molar-refractivity contribution < 1.29 is 14.6 Å². The molecule has 3 fully saturated rings. The highest BCUT2D eigenvalue weighted by Gasteiger charge is 2.25. The quantitative estimate of drug-likeness (QED) is 0.629. The molecule has 1 aromatic rings. The molecule has 0 aromatic heterocycles. The van der Waals surface area contributed by atoms with Gasteiger partial charge in [0.05, 0.1) is 7.11 Å². The van der Waals surface area contributed by atoms with E-state index in [2.05, 4.69) is 26.8 Å². The van der Waals surface area contributed by atoms with Gasteiger partial charge in [-0.15, -0.1) is 0 Å². The van der Waals surface area contributed by atoms with Gasteiger partial charge >= 0.3 is 0 Å². The predicted molar refractivity (Wildman–Crippen MR) is 129 cm³/mol. The standard InChI is InChI=1S/C26H43N3O3/c1-31-25-11-10-22(18-26(25)32-21-24(30)20-27-12-6-3-7-13-27)19-28-14-16-29(17-15-28)23-8-4-2-5-9-23/h10-11,18,23-24,30H,2-9,12-17,19-21H2,1H3/t24-/m1/s1. The van der Waals surface area contributed by atoms with Crippen molar-refractivity contribution in [3.8, 4) is 11.5 Å². The summed E-state index contributed by atoms with van der Waals surface area (Å²) in [6.07, 6.45) is 10.3. The van der Waals surface area contributed by atoms with Crippen molar-refractivity contribution in [1.29, 1.82) is 0 Å². The summed E-state index contributed by atoms with van der Waals surface area (Å²) in [6, 6.07) is 7.06. The summed E-state index contributed by atoms with van der Waals surface area (Å²) in [5.74, 6) is 1.48. The van der Waals surface area contributed by atoms with Crippen molar-refractivity contribution in [2.75, 3.05) is 59.5 Å². The molecule has 1 N–H and O–H groups in total. The van der Waals surface area contributed by atoms with E-state index in [1.54, 1.807) is 7.11 Å². The molecule has 0 spiro atoms. The van der Waals surface area contributed by atoms with Gasteiger partial charge in [0.25, 0.3) is 0 Å². The largest absolute Gasteiger partial charge is 0.493 e. The highest BCUT2D eigenvalue weighted by atomic mass is 16.5. The molecule has 6 nitrogen and oxygen atoms in total. The Morgan fingerprint density at radius 2 is 1.59 bits per heavy atom. The van der Waals surface area contributed by atoms with Crippen LogP contribution in [-0.4, -0.2) is 91.5 Å². The second-order valence-electron chi connectivity index (χ2n) is 9.92. The van der Waals surface area contributed by atoms with Crippen LogP contribution in [0.15, 0.2) is 18.2 Å². The maximum Gasteiger partial charge on any atom is 0.161 e. The summed E-state index contributed by atoms with van der Waals surface area (Å²) < 4.78 is 11.5. The van der Waals surface area contributed by atoms with Crippen molar-refractivity contribution in [3.05, 3.63) is 23.8 Å². The molecule has 1 aliphatic carbocycles. The van der Waals surface area contributed by atoms with Crippen LogP contribution in [0.1, 0.15) is 56.9 Å². The van der Waals surface area contributed by atoms with Gasteiger partial charge in [-0.2, -0.15) is 0 Å². The highest BCUT2D eigenvalue weighted by Crippen LogP contribution is 2.29. The van der Waals surface area contributed by atoms with Gasteiger partial charge < -0.3 is 19.5 Å². The summed E-state index contributed by atoms with van der Waals surface area (Å²) in [7, 11) is 1.68. The number of hydrogen-bond acceptors (Lipinski definition) is 6. The molecule has 1 atom stereocenters. The van der Waals surface area contributed by atoms with Gasteiger partial charge in [0.1, 0.15) is 12.7 Å². The Kier molecular flexibility index (Phi) is 9.09. The van der Waals surface area contributed by atoms with E-state index in [1.807, 2.05) is 6.07 Å². The van der Waals surface area contributed by atoms with Crippen LogP contribution in [0.25, 0.3) is 0 Å². The summed E-state index contributed by atoms with van der Waals surface area (Å²) in [4.78, 5) is 7.62. The van der Waals surface area contributed by atoms with Crippen LogP contribution >= 0.6 is 0 Å². The smallest absolute Gasteiger partial charge is 0.161 e. The van der Waals surface area contributed by atoms with Gasteiger partial charge in [0.2, 0.25) is 0 Å². The number of piperidine rings is 1. The molecule has 6 heteroatoms. The predicted octanol–water partition coefficient (Wildman–Crippen LogP) is 3.37. The molecule has 32 heavy (non-hydrogen) atoms. The zero-order valence-electron chi connectivity index (χ0n) is 20.0. The van der Waals surface area contributed by atoms with Gasteiger partial charge in [-0.3, -0.25) is 9.80 Å². The Hall–Kier alpha value is -1.34. The minimum absolute atomic E-state index is 0.302. The number of nitrogens with zero attached hydrogens (tertiary/aromatic N) is 3. The molecule has 180 valence electrons. The first-order valence-corrected chi connectivity index (χ1v) is 12.9. The van der Waals surface area contributed by atoms with Crippen molar-refractivity contribution >= 4 is 0 Å². The Balaban J connectivity index is 1.26. The van der Waals surface area contributed by atoms with Crippen LogP contribution in [0.5, 0.6) is 11.5 Å². The van der Waals surface area contributed by atoms with E-state index in [1.165, 1.54) is 70.0 Å².